The molecule has 4 aliphatic rings. The Morgan fingerprint density at radius 3 is 1.29 bits per heavy atom. The predicted octanol–water partition coefficient (Wildman–Crippen LogP) is 14.2. The molecule has 2 aromatic carbocycles. The van der Waals surface area contributed by atoms with E-state index >= 15 is 0 Å². The molecule has 0 radical (unpaired) electrons. The number of hydrogen-bond acceptors (Lipinski definition) is 2. The molecule has 3 saturated carbocycles. The van der Waals surface area contributed by atoms with Gasteiger partial charge in [-0.2, -0.15) is 6.67 Å². The first-order valence-corrected chi connectivity index (χ1v) is 27.4. The molecule has 2 aromatic rings. The van der Waals surface area contributed by atoms with Crippen molar-refractivity contribution in [2.24, 2.45) is 0 Å². The van der Waals surface area contributed by atoms with Crippen molar-refractivity contribution in [1.29, 1.82) is 0 Å². The number of aryl methyl sites for hydroxylation is 6. The van der Waals surface area contributed by atoms with Crippen molar-refractivity contribution in [3.8, 4) is 0 Å². The molecule has 1 saturated heterocycles. The van der Waals surface area contributed by atoms with Gasteiger partial charge in [0.1, 0.15) is 0 Å². The number of hydrogen-bond donors (Lipinski definition) is 0. The van der Waals surface area contributed by atoms with Crippen LogP contribution in [0.1, 0.15) is 144 Å². The van der Waals surface area contributed by atoms with Crippen LogP contribution in [-0.2, 0) is 13.5 Å². The summed E-state index contributed by atoms with van der Waals surface area (Å²) >= 11 is -1.75. The molecule has 0 unspecified atom stereocenters. The Hall–Kier alpha value is -1.16. The van der Waals surface area contributed by atoms with Gasteiger partial charge in [0.2, 0.25) is 0 Å². The molecule has 1 aliphatic heterocycles. The molecular weight excluding hydrogens is 783 g/mol. The van der Waals surface area contributed by atoms with Gasteiger partial charge < -0.3 is 9.80 Å². The zero-order valence-electron chi connectivity index (χ0n) is 33.8. The van der Waals surface area contributed by atoms with Gasteiger partial charge in [-0.3, -0.25) is 0 Å². The molecule has 1 heterocycles. The number of halogens is 2. The largest absolute Gasteiger partial charge is 0.502 e. The molecule has 3 aliphatic carbocycles. The van der Waals surface area contributed by atoms with Crippen molar-refractivity contribution in [1.82, 2.24) is 0 Å². The van der Waals surface area contributed by atoms with E-state index in [-0.39, 0.29) is 7.92 Å². The fraction of sp³-hybridized carbons (Fsp3) is 0.609. The maximum atomic E-state index is 5.49. The van der Waals surface area contributed by atoms with Crippen molar-refractivity contribution in [3.05, 3.63) is 87.8 Å². The van der Waals surface area contributed by atoms with Crippen LogP contribution in [0.5, 0.6) is 0 Å². The molecule has 6 heteroatoms. The summed E-state index contributed by atoms with van der Waals surface area (Å²) in [5.74, 6) is 0. The van der Waals surface area contributed by atoms with E-state index in [2.05, 4.69) is 92.3 Å². The van der Waals surface area contributed by atoms with E-state index in [0.717, 1.165) is 13.1 Å². The Labute approximate surface area is 333 Å². The minimum absolute atomic E-state index is 0.0465. The average molecular weight is 853 g/mol. The van der Waals surface area contributed by atoms with Crippen LogP contribution in [0.2, 0.25) is 0 Å². The van der Waals surface area contributed by atoms with Crippen LogP contribution < -0.4 is 9.80 Å². The molecular formula is C46H69Cl2N2PRu. The molecule has 4 fully saturated rings. The van der Waals surface area contributed by atoms with Crippen LogP contribution in [0.3, 0.4) is 0 Å². The molecule has 0 bridgehead atoms. The molecule has 0 N–H and O–H groups in total. The third-order valence-corrected chi connectivity index (χ3v) is 17.5. The van der Waals surface area contributed by atoms with Crippen LogP contribution in [0.15, 0.2) is 47.7 Å². The summed E-state index contributed by atoms with van der Waals surface area (Å²) in [5.41, 5.74) is 18.5. The first kappa shape index (κ1) is 43.6. The normalized spacial score (nSPS) is 18.8. The number of benzene rings is 2. The number of anilines is 2. The van der Waals surface area contributed by atoms with E-state index in [4.69, 9.17) is 19.4 Å². The van der Waals surface area contributed by atoms with E-state index in [0.29, 0.717) is 0 Å². The van der Waals surface area contributed by atoms with Crippen molar-refractivity contribution < 1.29 is 13.5 Å². The second kappa shape index (κ2) is 22.4. The van der Waals surface area contributed by atoms with Crippen molar-refractivity contribution >= 4 is 42.9 Å². The topological polar surface area (TPSA) is 6.48 Å². The van der Waals surface area contributed by atoms with Crippen LogP contribution in [0.4, 0.5) is 11.4 Å². The fourth-order valence-corrected chi connectivity index (χ4v) is 15.7. The van der Waals surface area contributed by atoms with Crippen LogP contribution in [-0.4, -0.2) is 34.3 Å². The summed E-state index contributed by atoms with van der Waals surface area (Å²) in [6.45, 7) is 21.6. The Morgan fingerprint density at radius 2 is 0.981 bits per heavy atom. The molecule has 0 amide bonds. The van der Waals surface area contributed by atoms with E-state index < -0.39 is 13.5 Å². The summed E-state index contributed by atoms with van der Waals surface area (Å²) in [6.07, 6.45) is 27.5. The molecule has 0 atom stereocenters. The van der Waals surface area contributed by atoms with Crippen LogP contribution in [0.25, 0.3) is 0 Å². The van der Waals surface area contributed by atoms with Crippen LogP contribution >= 0.6 is 27.3 Å². The zero-order valence-corrected chi connectivity index (χ0v) is 38.0. The Bertz CT molecular complexity index is 1410. The van der Waals surface area contributed by atoms with Crippen LogP contribution in [0, 0.1) is 48.2 Å². The Morgan fingerprint density at radius 1 is 0.635 bits per heavy atom. The van der Waals surface area contributed by atoms with Gasteiger partial charge in [-0.25, -0.2) is 0 Å². The van der Waals surface area contributed by atoms with Gasteiger partial charge in [-0.05, 0) is 141 Å². The van der Waals surface area contributed by atoms with Gasteiger partial charge in [-0.15, -0.1) is 0 Å². The van der Waals surface area contributed by atoms with Gasteiger partial charge in [-0.1, -0.05) is 54.7 Å². The van der Waals surface area contributed by atoms with E-state index in [1.54, 1.807) is 102 Å². The molecule has 52 heavy (non-hydrogen) atoms. The van der Waals surface area contributed by atoms with E-state index in [1.807, 2.05) is 19.9 Å². The monoisotopic (exact) mass is 852 g/mol. The van der Waals surface area contributed by atoms with Gasteiger partial charge in [0.05, 0.1) is 17.0 Å². The average Bonchev–Trinajstić information content (AvgIpc) is 3.57. The Balaban J connectivity index is 0.000000188. The third-order valence-electron chi connectivity index (χ3n) is 11.6. The number of nitrogens with zero attached hydrogens (tertiary/aromatic N) is 2. The fourth-order valence-electron chi connectivity index (χ4n) is 9.67. The summed E-state index contributed by atoms with van der Waals surface area (Å²) in [7, 11) is 10.9. The number of allylic oxidation sites excluding steroid dienone is 3. The molecule has 2 nitrogen and oxygen atoms in total. The molecule has 0 aromatic heterocycles. The smallest absolute Gasteiger partial charge is 0.0146 e. The van der Waals surface area contributed by atoms with Gasteiger partial charge >= 0.3 is 74.5 Å². The molecule has 6 rings (SSSR count). The van der Waals surface area contributed by atoms with E-state index in [9.17, 15) is 0 Å². The first-order valence-electron chi connectivity index (χ1n) is 20.3. The third kappa shape index (κ3) is 13.5. The molecule has 0 spiro atoms. The van der Waals surface area contributed by atoms with Crippen molar-refractivity contribution in [3.63, 3.8) is 0 Å². The minimum atomic E-state index is -1.75. The minimum Gasteiger partial charge on any atom is -0.502 e. The van der Waals surface area contributed by atoms with Gasteiger partial charge in [0.25, 0.3) is 0 Å². The maximum absolute atomic E-state index is 5.49. The zero-order chi connectivity index (χ0) is 37.6. The van der Waals surface area contributed by atoms with E-state index in [1.165, 1.54) is 67.3 Å². The summed E-state index contributed by atoms with van der Waals surface area (Å²) < 4.78 is 2.72. The SMILES string of the molecule is C1CCC([PH+](C2CCCCC2)C2CCCCC2)CC1.CC(C)=CC=C=[C]=[Ru]([Cl])[Cl].Cc1cc(C)c(N2[CH-]N(c3c(C)cc(C)cc3C)CC2)c(C)c1. The standard InChI is InChI=1S/C21H27N2.C18H33P.C7H8.2ClH.Ru/c1-14-9-16(3)20(17(4)10-14)22-7-8-23(13-22)21-18(5)11-15(2)12-19(21)6;1-4-10-16(11-5-1)19(17-12-6-2-7-13-17)18-14-8-3-9-15-18;1-4-5-6-7(2)3;;;/h9-13H,7-8H2,1-6H3;16-18H,1-15H2;5-6H,2-3H3;2*1H;/q-1;;;;;+2/p-1. The molecule has 290 valence electrons. The summed E-state index contributed by atoms with van der Waals surface area (Å²) in [5, 5.41) is 0. The number of rotatable bonds is 6. The summed E-state index contributed by atoms with van der Waals surface area (Å²) in [4.78, 5) is 4.81. The van der Waals surface area contributed by atoms with Gasteiger partial charge in [0.15, 0.2) is 0 Å². The Kier molecular flexibility index (Phi) is 18.8. The maximum Gasteiger partial charge on any atom is 0.0146 e. The van der Waals surface area contributed by atoms with Gasteiger partial charge in [0, 0.05) is 32.4 Å². The second-order valence-electron chi connectivity index (χ2n) is 16.3. The predicted molar refractivity (Wildman–Crippen MR) is 233 cm³/mol. The first-order chi connectivity index (χ1) is 24.9. The quantitative estimate of drug-likeness (QED) is 0.0939. The van der Waals surface area contributed by atoms with Crippen molar-refractivity contribution in [2.75, 3.05) is 22.9 Å². The second-order valence-corrected chi connectivity index (χ2v) is 25.1. The summed E-state index contributed by atoms with van der Waals surface area (Å²) in [6, 6.07) is 9.12. The van der Waals surface area contributed by atoms with Crippen molar-refractivity contribution in [2.45, 2.75) is 169 Å².